The number of nitriles is 1. The summed E-state index contributed by atoms with van der Waals surface area (Å²) < 4.78 is 27.2. The van der Waals surface area contributed by atoms with Crippen molar-refractivity contribution in [3.05, 3.63) is 59.1 Å². The van der Waals surface area contributed by atoms with Crippen molar-refractivity contribution in [2.75, 3.05) is 11.9 Å². The second-order valence-electron chi connectivity index (χ2n) is 5.56. The van der Waals surface area contributed by atoms with Crippen molar-refractivity contribution in [2.24, 2.45) is 0 Å². The van der Waals surface area contributed by atoms with Gasteiger partial charge in [-0.3, -0.25) is 4.79 Å². The van der Waals surface area contributed by atoms with Crippen molar-refractivity contribution < 1.29 is 13.2 Å². The number of nitrogens with zero attached hydrogens (tertiary/aromatic N) is 2. The lowest BCUT2D eigenvalue weighted by molar-refractivity contribution is -0.114. The minimum atomic E-state index is -3.85. The number of hydrogen-bond acceptors (Lipinski definition) is 4. The number of anilines is 1. The molecule has 26 heavy (non-hydrogen) atoms. The Morgan fingerprint density at radius 3 is 2.50 bits per heavy atom. The third-order valence-corrected chi connectivity index (χ3v) is 5.72. The summed E-state index contributed by atoms with van der Waals surface area (Å²) in [4.78, 5) is 11.2. The van der Waals surface area contributed by atoms with Gasteiger partial charge in [-0.1, -0.05) is 41.9 Å². The first-order valence-corrected chi connectivity index (χ1v) is 9.64. The average molecular weight is 392 g/mol. The van der Waals surface area contributed by atoms with E-state index >= 15 is 0 Å². The third-order valence-electron chi connectivity index (χ3n) is 3.56. The minimum absolute atomic E-state index is 0.00507. The van der Waals surface area contributed by atoms with Crippen LogP contribution < -0.4 is 5.32 Å². The van der Waals surface area contributed by atoms with Gasteiger partial charge >= 0.3 is 0 Å². The number of carbonyl (C=O) groups excluding carboxylic acids is 1. The van der Waals surface area contributed by atoms with Crippen LogP contribution in [0.15, 0.2) is 53.4 Å². The molecule has 8 heteroatoms. The summed E-state index contributed by atoms with van der Waals surface area (Å²) in [5.41, 5.74) is 1.15. The molecule has 2 aromatic rings. The quantitative estimate of drug-likeness (QED) is 0.783. The molecular formula is C18H18ClN3O3S. The molecule has 2 rings (SSSR count). The first-order chi connectivity index (χ1) is 12.3. The topological polar surface area (TPSA) is 90.3 Å². The van der Waals surface area contributed by atoms with Crippen LogP contribution in [0.3, 0.4) is 0 Å². The Morgan fingerprint density at radius 1 is 1.23 bits per heavy atom. The van der Waals surface area contributed by atoms with Gasteiger partial charge in [0.2, 0.25) is 15.9 Å². The molecule has 1 N–H and O–H groups in total. The largest absolute Gasteiger partial charge is 0.325 e. The number of benzene rings is 2. The number of sulfonamides is 1. The Labute approximate surface area is 158 Å². The summed E-state index contributed by atoms with van der Waals surface area (Å²) in [5, 5.41) is 11.5. The van der Waals surface area contributed by atoms with Crippen molar-refractivity contribution in [1.82, 2.24) is 4.31 Å². The van der Waals surface area contributed by atoms with Gasteiger partial charge in [-0.25, -0.2) is 8.42 Å². The number of amides is 1. The van der Waals surface area contributed by atoms with E-state index in [1.165, 1.54) is 29.4 Å². The molecule has 0 aliphatic rings. The van der Waals surface area contributed by atoms with Gasteiger partial charge < -0.3 is 5.32 Å². The van der Waals surface area contributed by atoms with E-state index in [-0.39, 0.29) is 35.3 Å². The van der Waals surface area contributed by atoms with E-state index in [4.69, 9.17) is 16.9 Å². The molecule has 6 nitrogen and oxygen atoms in total. The maximum atomic E-state index is 13.0. The molecule has 0 aliphatic carbocycles. The molecule has 1 amide bonds. The molecular weight excluding hydrogens is 374 g/mol. The van der Waals surface area contributed by atoms with Gasteiger partial charge in [0.25, 0.3) is 0 Å². The SMILES string of the molecule is CC(=O)Nc1ccc(S(=O)(=O)N(CCC#N)Cc2ccccc2)cc1Cl. The Morgan fingerprint density at radius 2 is 1.92 bits per heavy atom. The highest BCUT2D eigenvalue weighted by molar-refractivity contribution is 7.89. The van der Waals surface area contributed by atoms with Gasteiger partial charge in [0.15, 0.2) is 0 Å². The van der Waals surface area contributed by atoms with E-state index in [1.54, 1.807) is 0 Å². The van der Waals surface area contributed by atoms with Crippen LogP contribution in [0.25, 0.3) is 0 Å². The zero-order valence-electron chi connectivity index (χ0n) is 14.1. The fraction of sp³-hybridized carbons (Fsp3) is 0.222. The molecule has 0 fully saturated rings. The van der Waals surface area contributed by atoms with E-state index in [0.717, 1.165) is 5.56 Å². The molecule has 0 atom stereocenters. The van der Waals surface area contributed by atoms with Gasteiger partial charge in [0, 0.05) is 26.4 Å². The number of nitrogens with one attached hydrogen (secondary N) is 1. The maximum absolute atomic E-state index is 13.0. The van der Waals surface area contributed by atoms with Crippen LogP contribution >= 0.6 is 11.6 Å². The molecule has 0 unspecified atom stereocenters. The highest BCUT2D eigenvalue weighted by atomic mass is 35.5. The summed E-state index contributed by atoms with van der Waals surface area (Å²) in [7, 11) is -3.85. The molecule has 0 radical (unpaired) electrons. The monoisotopic (exact) mass is 391 g/mol. The van der Waals surface area contributed by atoms with E-state index in [1.807, 2.05) is 36.4 Å². The molecule has 136 valence electrons. The smallest absolute Gasteiger partial charge is 0.243 e. The summed E-state index contributed by atoms with van der Waals surface area (Å²) >= 11 is 6.10. The van der Waals surface area contributed by atoms with Gasteiger partial charge in [-0.2, -0.15) is 9.57 Å². The average Bonchev–Trinajstić information content (AvgIpc) is 2.60. The first kappa shape index (κ1) is 19.9. The fourth-order valence-electron chi connectivity index (χ4n) is 2.34. The van der Waals surface area contributed by atoms with Crippen LogP contribution in [0.4, 0.5) is 5.69 Å². The lowest BCUT2D eigenvalue weighted by Crippen LogP contribution is -2.31. The summed E-state index contributed by atoms with van der Waals surface area (Å²) in [5.74, 6) is -0.303. The molecule has 0 aromatic heterocycles. The van der Waals surface area contributed by atoms with Crippen LogP contribution in [0, 0.1) is 11.3 Å². The number of carbonyl (C=O) groups is 1. The van der Waals surface area contributed by atoms with Crippen LogP contribution in [-0.2, 0) is 21.4 Å². The van der Waals surface area contributed by atoms with Gasteiger partial charge in [-0.15, -0.1) is 0 Å². The molecule has 0 spiro atoms. The number of hydrogen-bond donors (Lipinski definition) is 1. The van der Waals surface area contributed by atoms with Crippen LogP contribution in [0.2, 0.25) is 5.02 Å². The van der Waals surface area contributed by atoms with Crippen molar-refractivity contribution in [2.45, 2.75) is 24.8 Å². The van der Waals surface area contributed by atoms with E-state index in [2.05, 4.69) is 5.32 Å². The molecule has 0 heterocycles. The van der Waals surface area contributed by atoms with Crippen molar-refractivity contribution in [3.63, 3.8) is 0 Å². The zero-order valence-corrected chi connectivity index (χ0v) is 15.7. The summed E-state index contributed by atoms with van der Waals surface area (Å²) in [6, 6.07) is 15.2. The normalized spacial score (nSPS) is 11.2. The van der Waals surface area contributed by atoms with Crippen LogP contribution in [0.5, 0.6) is 0 Å². The lowest BCUT2D eigenvalue weighted by atomic mass is 10.2. The Hall–Kier alpha value is -2.40. The highest BCUT2D eigenvalue weighted by Gasteiger charge is 2.25. The summed E-state index contributed by atoms with van der Waals surface area (Å²) in [6.07, 6.45) is 0.0732. The first-order valence-electron chi connectivity index (χ1n) is 7.83. The van der Waals surface area contributed by atoms with E-state index < -0.39 is 10.0 Å². The van der Waals surface area contributed by atoms with Crippen LogP contribution in [-0.4, -0.2) is 25.2 Å². The Bertz CT molecular complexity index is 924. The highest BCUT2D eigenvalue weighted by Crippen LogP contribution is 2.27. The molecule has 0 bridgehead atoms. The standard InChI is InChI=1S/C18H18ClN3O3S/c1-14(23)21-18-9-8-16(12-17(18)19)26(24,25)22(11-5-10-20)13-15-6-3-2-4-7-15/h2-4,6-9,12H,5,11,13H2,1H3,(H,21,23). The second kappa shape index (κ2) is 8.81. The van der Waals surface area contributed by atoms with Crippen molar-refractivity contribution in [3.8, 4) is 6.07 Å². The Balaban J connectivity index is 2.35. The van der Waals surface area contributed by atoms with E-state index in [0.29, 0.717) is 5.69 Å². The van der Waals surface area contributed by atoms with Gasteiger partial charge in [0.05, 0.1) is 21.7 Å². The molecule has 2 aromatic carbocycles. The van der Waals surface area contributed by atoms with Crippen LogP contribution in [0.1, 0.15) is 18.9 Å². The van der Waals surface area contributed by atoms with Gasteiger partial charge in [-0.05, 0) is 23.8 Å². The second-order valence-corrected chi connectivity index (χ2v) is 7.90. The zero-order chi connectivity index (χ0) is 19.2. The van der Waals surface area contributed by atoms with Crippen molar-refractivity contribution >= 4 is 33.2 Å². The summed E-state index contributed by atoms with van der Waals surface area (Å²) in [6.45, 7) is 1.55. The maximum Gasteiger partial charge on any atom is 0.243 e. The molecule has 0 saturated heterocycles. The predicted molar refractivity (Wildman–Crippen MR) is 100 cm³/mol. The lowest BCUT2D eigenvalue weighted by Gasteiger charge is -2.22. The van der Waals surface area contributed by atoms with Gasteiger partial charge in [0.1, 0.15) is 0 Å². The van der Waals surface area contributed by atoms with E-state index in [9.17, 15) is 13.2 Å². The minimum Gasteiger partial charge on any atom is -0.325 e. The Kier molecular flexibility index (Phi) is 6.75. The van der Waals surface area contributed by atoms with Crippen molar-refractivity contribution in [1.29, 1.82) is 5.26 Å². The third kappa shape index (κ3) is 5.05. The predicted octanol–water partition coefficient (Wildman–Crippen LogP) is 3.40. The number of rotatable bonds is 7. The molecule has 0 aliphatic heterocycles. The fourth-order valence-corrected chi connectivity index (χ4v) is 4.09. The number of halogens is 1. The molecule has 0 saturated carbocycles.